The molecular weight excluding hydrogens is 1190 g/mol. The van der Waals surface area contributed by atoms with Gasteiger partial charge in [-0.25, -0.2) is 4.98 Å². The van der Waals surface area contributed by atoms with Crippen LogP contribution in [0.4, 0.5) is 0 Å². The van der Waals surface area contributed by atoms with E-state index in [2.05, 4.69) is 214 Å². The molecule has 2 aromatic heterocycles. The van der Waals surface area contributed by atoms with Gasteiger partial charge in [-0.1, -0.05) is 264 Å². The average Bonchev–Trinajstić information content (AvgIpc) is 2.66. The van der Waals surface area contributed by atoms with Crippen molar-refractivity contribution in [2.75, 3.05) is 0 Å². The van der Waals surface area contributed by atoms with Gasteiger partial charge in [-0.15, -0.1) is 29.3 Å². The zero-order valence-electron chi connectivity index (χ0n) is 49.3. The Labute approximate surface area is 506 Å². The van der Waals surface area contributed by atoms with Crippen LogP contribution in [0.25, 0.3) is 95.0 Å². The number of aromatic hydroxyl groups is 1. The minimum absolute atomic E-state index is 0. The second-order valence-electron chi connectivity index (χ2n) is 23.1. The van der Waals surface area contributed by atoms with E-state index in [1.165, 1.54) is 16.7 Å². The largest absolute Gasteiger partial charge is 0.507 e. The normalized spacial score (nSPS) is 13.3. The van der Waals surface area contributed by atoms with Crippen LogP contribution >= 0.6 is 0 Å². The molecule has 10 aromatic carbocycles. The van der Waals surface area contributed by atoms with Crippen molar-refractivity contribution in [1.82, 2.24) is 14.5 Å². The Hall–Kier alpha value is -8.69. The van der Waals surface area contributed by atoms with E-state index < -0.39 is 6.37 Å². The molecule has 410 valence electrons. The first-order valence-corrected chi connectivity index (χ1v) is 28.8. The molecule has 12 aromatic rings. The van der Waals surface area contributed by atoms with Crippen LogP contribution in [0.1, 0.15) is 83.9 Å². The van der Waals surface area contributed by atoms with Gasteiger partial charge in [-0.05, 0) is 111 Å². The smallest absolute Gasteiger partial charge is 0.148 e. The van der Waals surface area contributed by atoms with Crippen molar-refractivity contribution in [2.24, 2.45) is 5.92 Å². The van der Waals surface area contributed by atoms with E-state index in [9.17, 15) is 7.85 Å². The third kappa shape index (κ3) is 10.7. The standard InChI is InChI=1S/C78H66N3O.Pt/c1-77(2,3)64-50-59(49-60(51-64)71-52-58(45-46-79-71)55-40-42-63(43-41-55)78(4,61-29-13-7-14-30-61)62-31-15-8-16-32-62)66-35-22-38-73-74(66)80-76(69-37-21-36-68(75(69)82)67-34-20-19-33-65(67)56-25-9-5-10-26-56)81(73)72-44-39-54(47-53-23-17-18-24-53)48-70(72)57-27-11-6-12-28-57;/h5-16,19-22,25-46,48,50-53,82H,17-18,23-24,47H2,1-4H3;/q-1;/i47D2;. The van der Waals surface area contributed by atoms with E-state index in [0.717, 1.165) is 109 Å². The monoisotopic (exact) mass is 1260 g/mol. The second kappa shape index (κ2) is 23.3. The molecule has 5 heteroatoms. The number of pyridine rings is 1. The zero-order chi connectivity index (χ0) is 57.6. The molecule has 0 amide bonds. The van der Waals surface area contributed by atoms with Gasteiger partial charge < -0.3 is 5.11 Å². The number of nitrogens with zero attached hydrogens (tertiary/aromatic N) is 3. The molecule has 13 rings (SSSR count). The molecule has 0 saturated heterocycles. The Kier molecular flexibility index (Phi) is 14.7. The van der Waals surface area contributed by atoms with Gasteiger partial charge in [0.05, 0.1) is 22.3 Å². The SMILES string of the molecule is [2H]C([2H])(c1ccc(-n2c(-c3cccc(-c4ccccc4-c4ccccc4)c3O)nc3c(-c4[c-]c(-c5cc(-c6ccc(C(C)(c7ccccc7)c7ccccc7)cc6)ccn5)cc(C(C)(C)C)c4)cccc32)c(-c2ccccc2)c1)C1CCCC1.[Pt]. The van der Waals surface area contributed by atoms with Gasteiger partial charge in [0.1, 0.15) is 11.6 Å². The first kappa shape index (κ1) is 52.4. The van der Waals surface area contributed by atoms with Gasteiger partial charge in [0, 0.05) is 52.2 Å². The fourth-order valence-corrected chi connectivity index (χ4v) is 12.3. The molecule has 4 nitrogen and oxygen atoms in total. The predicted molar refractivity (Wildman–Crippen MR) is 340 cm³/mol. The molecule has 1 saturated carbocycles. The molecule has 0 unspecified atom stereocenters. The third-order valence-corrected chi connectivity index (χ3v) is 16.9. The maximum atomic E-state index is 12.9. The average molecular weight is 1260 g/mol. The third-order valence-electron chi connectivity index (χ3n) is 16.9. The summed E-state index contributed by atoms with van der Waals surface area (Å²) in [6.07, 6.45) is 4.19. The van der Waals surface area contributed by atoms with E-state index in [1.807, 2.05) is 79.0 Å². The Bertz CT molecular complexity index is 4300. The summed E-state index contributed by atoms with van der Waals surface area (Å²) in [5.41, 5.74) is 18.9. The number of phenols is 1. The van der Waals surface area contributed by atoms with Crippen molar-refractivity contribution < 1.29 is 28.9 Å². The van der Waals surface area contributed by atoms with Crippen molar-refractivity contribution in [2.45, 2.75) is 70.6 Å². The molecule has 0 radical (unpaired) electrons. The summed E-state index contributed by atoms with van der Waals surface area (Å²) < 4.78 is 21.4. The number of imidazole rings is 1. The Morgan fingerprint density at radius 1 is 0.494 bits per heavy atom. The molecule has 0 spiro atoms. The molecule has 1 fully saturated rings. The summed E-state index contributed by atoms with van der Waals surface area (Å²) >= 11 is 0. The van der Waals surface area contributed by atoms with Crippen LogP contribution in [0.3, 0.4) is 0 Å². The number of hydrogen-bond acceptors (Lipinski definition) is 3. The number of fused-ring (bicyclic) bond motifs is 1. The first-order valence-electron chi connectivity index (χ1n) is 29.8. The summed E-state index contributed by atoms with van der Waals surface area (Å²) in [6, 6.07) is 90.2. The van der Waals surface area contributed by atoms with Gasteiger partial charge in [0.15, 0.2) is 0 Å². The fraction of sp³-hybridized carbons (Fsp3) is 0.154. The van der Waals surface area contributed by atoms with Crippen LogP contribution in [0.2, 0.25) is 0 Å². The molecule has 0 bridgehead atoms. The Morgan fingerprint density at radius 2 is 1.05 bits per heavy atom. The number of hydrogen-bond donors (Lipinski definition) is 1. The van der Waals surface area contributed by atoms with Crippen molar-refractivity contribution in [1.29, 1.82) is 0 Å². The fourth-order valence-electron chi connectivity index (χ4n) is 12.3. The number of phenolic OH excluding ortho intramolecular Hbond substituents is 1. The first-order chi connectivity index (χ1) is 40.8. The van der Waals surface area contributed by atoms with Crippen LogP contribution in [-0.2, 0) is 38.3 Å². The summed E-state index contributed by atoms with van der Waals surface area (Å²) in [6.45, 7) is 9.03. The number of rotatable bonds is 13. The summed E-state index contributed by atoms with van der Waals surface area (Å²) in [5.74, 6) is 0.604. The number of benzene rings is 10. The van der Waals surface area contributed by atoms with Gasteiger partial charge in [-0.3, -0.25) is 9.55 Å². The number of para-hydroxylation sites is 2. The van der Waals surface area contributed by atoms with Crippen molar-refractivity contribution in [3.63, 3.8) is 0 Å². The molecular formula is C78H66N3OPt-. The molecule has 1 aliphatic carbocycles. The van der Waals surface area contributed by atoms with Crippen LogP contribution < -0.4 is 0 Å². The zero-order valence-corrected chi connectivity index (χ0v) is 49.5. The van der Waals surface area contributed by atoms with E-state index in [1.54, 1.807) is 0 Å². The maximum Gasteiger partial charge on any atom is 0.148 e. The summed E-state index contributed by atoms with van der Waals surface area (Å²) in [7, 11) is 0. The van der Waals surface area contributed by atoms with Crippen LogP contribution in [-0.4, -0.2) is 19.6 Å². The van der Waals surface area contributed by atoms with E-state index in [-0.39, 0.29) is 43.6 Å². The molecule has 83 heavy (non-hydrogen) atoms. The maximum absolute atomic E-state index is 12.9. The minimum Gasteiger partial charge on any atom is -0.507 e. The summed E-state index contributed by atoms with van der Waals surface area (Å²) in [5, 5.41) is 12.9. The minimum atomic E-state index is -1.53. The second-order valence-corrected chi connectivity index (χ2v) is 23.1. The Morgan fingerprint density at radius 3 is 1.71 bits per heavy atom. The summed E-state index contributed by atoms with van der Waals surface area (Å²) in [4.78, 5) is 10.7. The van der Waals surface area contributed by atoms with Crippen LogP contribution in [0.15, 0.2) is 255 Å². The molecule has 0 aliphatic heterocycles. The van der Waals surface area contributed by atoms with Gasteiger partial charge >= 0.3 is 0 Å². The number of aromatic nitrogens is 3. The van der Waals surface area contributed by atoms with Gasteiger partial charge in [0.2, 0.25) is 0 Å². The molecule has 0 atom stereocenters. The van der Waals surface area contributed by atoms with E-state index in [4.69, 9.17) is 9.97 Å². The van der Waals surface area contributed by atoms with Crippen LogP contribution in [0, 0.1) is 12.0 Å². The van der Waals surface area contributed by atoms with Crippen molar-refractivity contribution in [3.05, 3.63) is 289 Å². The quantitative estimate of drug-likeness (QED) is 0.0924. The van der Waals surface area contributed by atoms with Crippen molar-refractivity contribution >= 4 is 11.0 Å². The predicted octanol–water partition coefficient (Wildman–Crippen LogP) is 20.0. The van der Waals surface area contributed by atoms with Crippen LogP contribution in [0.5, 0.6) is 5.75 Å². The van der Waals surface area contributed by atoms with E-state index in [0.29, 0.717) is 22.5 Å². The van der Waals surface area contributed by atoms with E-state index >= 15 is 0 Å². The van der Waals surface area contributed by atoms with Gasteiger partial charge in [0.25, 0.3) is 0 Å². The van der Waals surface area contributed by atoms with Crippen molar-refractivity contribution in [3.8, 4) is 89.7 Å². The Balaban J connectivity index is 0.00000709. The molecule has 1 N–H and O–H groups in total. The van der Waals surface area contributed by atoms with Gasteiger partial charge in [-0.2, -0.15) is 0 Å². The topological polar surface area (TPSA) is 50.9 Å². The molecule has 1 aliphatic rings. The molecule has 2 heterocycles.